The van der Waals surface area contributed by atoms with Crippen LogP contribution in [0, 0.1) is 47.1 Å². The topological polar surface area (TPSA) is 307 Å². The van der Waals surface area contributed by atoms with Crippen LogP contribution in [0.3, 0.4) is 0 Å². The number of H-pyrrole nitrogens is 4. The lowest BCUT2D eigenvalue weighted by Gasteiger charge is -2.43. The average molecular weight is 1430 g/mol. The number of nitrogens with one attached hydrogen (secondary N) is 6. The molecule has 4 aliphatic heterocycles. The van der Waals surface area contributed by atoms with Crippen molar-refractivity contribution in [2.24, 2.45) is 47.0 Å². The van der Waals surface area contributed by atoms with Gasteiger partial charge in [-0.05, 0) is 178 Å². The second-order valence-electron chi connectivity index (χ2n) is 30.5. The number of nitrogens with two attached hydrogens (primary N) is 2. The zero-order valence-electron chi connectivity index (χ0n) is 61.8. The van der Waals surface area contributed by atoms with Gasteiger partial charge in [-0.2, -0.15) is 20.4 Å². The van der Waals surface area contributed by atoms with Gasteiger partial charge >= 0.3 is 0 Å². The number of rotatable bonds is 16. The lowest BCUT2D eigenvalue weighted by molar-refractivity contribution is 0.269. The first kappa shape index (κ1) is 73.3. The number of anilines is 4. The number of hydrogen-bond donors (Lipinski definition) is 8. The fraction of sp³-hybridized carbons (Fsp3) is 0.443. The van der Waals surface area contributed by atoms with Gasteiger partial charge in [0.25, 0.3) is 0 Å². The van der Waals surface area contributed by atoms with E-state index in [1.165, 1.54) is 12.1 Å². The highest BCUT2D eigenvalue weighted by molar-refractivity contribution is 5.92. The van der Waals surface area contributed by atoms with Crippen LogP contribution in [-0.4, -0.2) is 170 Å². The summed E-state index contributed by atoms with van der Waals surface area (Å²) in [5.41, 5.74) is 21.9. The molecule has 1 unspecified atom stereocenters. The first-order valence-corrected chi connectivity index (χ1v) is 37.2. The number of halogens is 2. The highest BCUT2D eigenvalue weighted by Gasteiger charge is 2.34. The molecule has 556 valence electrons. The minimum Gasteiger partial charge on any atom is -0.356 e. The summed E-state index contributed by atoms with van der Waals surface area (Å²) in [5.74, 6) is 5.76. The molecule has 105 heavy (non-hydrogen) atoms. The standard InChI is InChI=1S/C20H25FN6.2C20H26N6.C19H23FN6.3H2/c1-13(2)11-20(3)12-27(10-9-23-20)19-15(21)6-7-16(24-19)17-14-5-4-8-22-18(14)26-25-17;2*1-13(2)11-14-12-26(10-8-16(14)21)18-7-3-6-17(23-18)19-15-5-4-9-22-20(15)25-24-19;1-12(2)10-13-11-26(9-8-21-13)19-15(20)5-6-16(23-19)17-14-4-3-7-22-18(14)25-24-17;;;/h4-8,13,23H,9-12H2,1-3H3,(H,22,25,26);2*3-7,9,13-14,16H,8,10-12,21H2,1-2H3,(H,22,24,25);3-7,12-13,21H,8-11H2,1-2H3,(H,22,24,25);3*1H/t;2*14-,16-;13-;;;/m.100.../s1. The zero-order valence-corrected chi connectivity index (χ0v) is 61.8. The van der Waals surface area contributed by atoms with E-state index < -0.39 is 0 Å². The summed E-state index contributed by atoms with van der Waals surface area (Å²) < 4.78 is 29.2. The van der Waals surface area contributed by atoms with Crippen LogP contribution in [0.25, 0.3) is 89.7 Å². The fourth-order valence-electron chi connectivity index (χ4n) is 15.5. The zero-order chi connectivity index (χ0) is 73.3. The third-order valence-corrected chi connectivity index (χ3v) is 20.2. The lowest BCUT2D eigenvalue weighted by atomic mass is 9.86. The Bertz CT molecular complexity index is 4710. The highest BCUT2D eigenvalue weighted by Crippen LogP contribution is 2.35. The molecule has 0 amide bonds. The van der Waals surface area contributed by atoms with E-state index in [0.717, 1.165) is 183 Å². The first-order valence-electron chi connectivity index (χ1n) is 37.2. The van der Waals surface area contributed by atoms with Crippen LogP contribution in [0.4, 0.5) is 32.1 Å². The summed E-state index contributed by atoms with van der Waals surface area (Å²) in [6.07, 6.45) is 13.4. The molecule has 12 aromatic heterocycles. The Morgan fingerprint density at radius 2 is 0.848 bits per heavy atom. The van der Waals surface area contributed by atoms with E-state index in [1.54, 1.807) is 36.9 Å². The summed E-state index contributed by atoms with van der Waals surface area (Å²) in [6, 6.07) is 35.1. The van der Waals surface area contributed by atoms with Crippen molar-refractivity contribution < 1.29 is 13.1 Å². The van der Waals surface area contributed by atoms with E-state index >= 15 is 0 Å². The molecular formula is C79H106F2N24. The summed E-state index contributed by atoms with van der Waals surface area (Å²) in [5, 5.41) is 40.0. The third-order valence-electron chi connectivity index (χ3n) is 20.2. The molecule has 0 saturated carbocycles. The van der Waals surface area contributed by atoms with Crippen molar-refractivity contribution in [3.05, 3.63) is 146 Å². The van der Waals surface area contributed by atoms with Gasteiger partial charge < -0.3 is 41.7 Å². The first-order chi connectivity index (χ1) is 50.8. The van der Waals surface area contributed by atoms with Crippen LogP contribution in [0.15, 0.2) is 134 Å². The van der Waals surface area contributed by atoms with Gasteiger partial charge in [0.15, 0.2) is 45.9 Å². The van der Waals surface area contributed by atoms with E-state index in [4.69, 9.17) is 21.4 Å². The summed E-state index contributed by atoms with van der Waals surface area (Å²) >= 11 is 0. The largest absolute Gasteiger partial charge is 0.356 e. The Balaban J connectivity index is 0.000000152. The van der Waals surface area contributed by atoms with Crippen LogP contribution in [-0.2, 0) is 0 Å². The quantitative estimate of drug-likeness (QED) is 0.0446. The second-order valence-corrected chi connectivity index (χ2v) is 30.5. The third kappa shape index (κ3) is 17.5. The van der Waals surface area contributed by atoms with Crippen LogP contribution < -0.4 is 41.7 Å². The Labute approximate surface area is 616 Å². The van der Waals surface area contributed by atoms with Gasteiger partial charge in [0.2, 0.25) is 0 Å². The van der Waals surface area contributed by atoms with E-state index in [2.05, 4.69) is 183 Å². The predicted molar refractivity (Wildman–Crippen MR) is 422 cm³/mol. The average Bonchev–Trinajstić information content (AvgIpc) is 1.52. The number of aromatic amines is 4. The molecule has 0 bridgehead atoms. The normalized spacial score (nSPS) is 20.1. The Morgan fingerprint density at radius 1 is 0.448 bits per heavy atom. The molecule has 6 atom stereocenters. The van der Waals surface area contributed by atoms with E-state index in [-0.39, 0.29) is 21.5 Å². The molecule has 4 saturated heterocycles. The number of nitrogens with zero attached hydrogens (tertiary/aromatic N) is 16. The lowest BCUT2D eigenvalue weighted by Crippen LogP contribution is -2.59. The Kier molecular flexibility index (Phi) is 23.0. The smallest absolute Gasteiger partial charge is 0.181 e. The summed E-state index contributed by atoms with van der Waals surface area (Å²) in [7, 11) is 0. The molecule has 24 nitrogen and oxygen atoms in total. The molecule has 0 radical (unpaired) electrons. The Morgan fingerprint density at radius 3 is 1.26 bits per heavy atom. The molecule has 26 heteroatoms. The number of fused-ring (bicyclic) bond motifs is 4. The van der Waals surface area contributed by atoms with E-state index in [0.29, 0.717) is 88.0 Å². The minimum atomic E-state index is -0.297. The van der Waals surface area contributed by atoms with Gasteiger partial charge in [-0.25, -0.2) is 48.7 Å². The molecule has 0 aliphatic carbocycles. The van der Waals surface area contributed by atoms with E-state index in [9.17, 15) is 8.78 Å². The maximum atomic E-state index is 14.7. The molecule has 12 aromatic rings. The molecule has 16 heterocycles. The summed E-state index contributed by atoms with van der Waals surface area (Å²) in [6.45, 7) is 28.6. The van der Waals surface area contributed by atoms with Crippen molar-refractivity contribution in [1.29, 1.82) is 0 Å². The van der Waals surface area contributed by atoms with Crippen molar-refractivity contribution >= 4 is 67.4 Å². The van der Waals surface area contributed by atoms with Gasteiger partial charge in [0.05, 0.1) is 45.6 Å². The van der Waals surface area contributed by atoms with Gasteiger partial charge in [0, 0.05) is 140 Å². The second kappa shape index (κ2) is 33.0. The molecule has 0 spiro atoms. The van der Waals surface area contributed by atoms with Crippen molar-refractivity contribution in [3.8, 4) is 45.6 Å². The Hall–Kier alpha value is -10.0. The van der Waals surface area contributed by atoms with Crippen molar-refractivity contribution in [2.75, 3.05) is 85.0 Å². The highest BCUT2D eigenvalue weighted by atomic mass is 19.1. The number of piperidine rings is 2. The molecule has 16 rings (SSSR count). The molecular weight excluding hydrogens is 1320 g/mol. The number of pyridine rings is 8. The van der Waals surface area contributed by atoms with E-state index in [1.807, 2.05) is 65.6 Å². The van der Waals surface area contributed by atoms with Crippen LogP contribution in [0.5, 0.6) is 0 Å². The molecule has 10 N–H and O–H groups in total. The van der Waals surface area contributed by atoms with Crippen LogP contribution >= 0.6 is 0 Å². The molecule has 4 aliphatic rings. The summed E-state index contributed by atoms with van der Waals surface area (Å²) in [4.78, 5) is 45.0. The molecule has 0 aromatic carbocycles. The van der Waals surface area contributed by atoms with Gasteiger partial charge in [0.1, 0.15) is 11.6 Å². The number of piperazine rings is 2. The fourth-order valence-corrected chi connectivity index (χ4v) is 15.5. The minimum absolute atomic E-state index is 0. The van der Waals surface area contributed by atoms with Gasteiger partial charge in [-0.15, -0.1) is 0 Å². The van der Waals surface area contributed by atoms with Crippen molar-refractivity contribution in [1.82, 2.24) is 91.3 Å². The maximum absolute atomic E-state index is 14.7. The van der Waals surface area contributed by atoms with Gasteiger partial charge in [-0.3, -0.25) is 20.4 Å². The maximum Gasteiger partial charge on any atom is 0.181 e. The monoisotopic (exact) mass is 1430 g/mol. The van der Waals surface area contributed by atoms with Crippen LogP contribution in [0.2, 0.25) is 0 Å². The van der Waals surface area contributed by atoms with Crippen LogP contribution in [0.1, 0.15) is 105 Å². The van der Waals surface area contributed by atoms with Crippen molar-refractivity contribution in [3.63, 3.8) is 0 Å². The molecule has 4 fully saturated rings. The predicted octanol–water partition coefficient (Wildman–Crippen LogP) is 13.5. The number of hydrogen-bond acceptors (Lipinski definition) is 20. The van der Waals surface area contributed by atoms with Crippen molar-refractivity contribution in [2.45, 2.75) is 125 Å². The van der Waals surface area contributed by atoms with Gasteiger partial charge in [-0.1, -0.05) is 67.5 Å². The SMILES string of the molecule is CC(C)CC1(C)CN(c2nc(-c3[nH]nc4ncccc34)ccc2F)CCN1.CC(C)C[C@@H]1CN(c2cccc(-c3[nH]nc4ncccc34)n2)CC[C@H]1N.CC(C)C[C@H]1CN(c2cccc(-c3[nH]nc4ncccc34)n2)CC[C@@H]1N.CC(C)C[C@H]1CN(c2nc(-c3[nH]nc4ncccc34)ccc2F)CCN1.[HH].[HH].[HH]. The number of aromatic nitrogens is 16.